The predicted octanol–water partition coefficient (Wildman–Crippen LogP) is 0.106. The van der Waals surface area contributed by atoms with Gasteiger partial charge in [-0.3, -0.25) is 19.2 Å². The van der Waals surface area contributed by atoms with Crippen LogP contribution in [0.1, 0.15) is 34.6 Å². The van der Waals surface area contributed by atoms with Gasteiger partial charge in [0.2, 0.25) is 6.29 Å². The van der Waals surface area contributed by atoms with Crippen LogP contribution in [0.3, 0.4) is 0 Å². The summed E-state index contributed by atoms with van der Waals surface area (Å²) < 4.78 is 31.7. The first-order chi connectivity index (χ1) is 12.1. The van der Waals surface area contributed by atoms with Gasteiger partial charge in [-0.25, -0.2) is 0 Å². The molecule has 0 bridgehead atoms. The van der Waals surface area contributed by atoms with Crippen molar-refractivity contribution >= 4 is 23.9 Å². The second kappa shape index (κ2) is 10.1. The molecule has 10 nitrogen and oxygen atoms in total. The number of carbonyl (C=O) groups excluding carboxylic acids is 4. The second-order valence-corrected chi connectivity index (χ2v) is 5.52. The summed E-state index contributed by atoms with van der Waals surface area (Å²) >= 11 is 0. The second-order valence-electron chi connectivity index (χ2n) is 5.52. The van der Waals surface area contributed by atoms with Crippen LogP contribution in [0, 0.1) is 0 Å². The van der Waals surface area contributed by atoms with Crippen LogP contribution in [0.5, 0.6) is 0 Å². The first kappa shape index (κ1) is 21.8. The summed E-state index contributed by atoms with van der Waals surface area (Å²) in [6.07, 6.45) is -5.57. The largest absolute Gasteiger partial charge is 0.463 e. The number of hydrogen-bond acceptors (Lipinski definition) is 10. The molecule has 1 fully saturated rings. The molecule has 1 saturated heterocycles. The molecule has 0 saturated carbocycles. The summed E-state index contributed by atoms with van der Waals surface area (Å²) in [5.41, 5.74) is 0. The monoisotopic (exact) mass is 376 g/mol. The van der Waals surface area contributed by atoms with Gasteiger partial charge in [-0.2, -0.15) is 0 Å². The zero-order valence-electron chi connectivity index (χ0n) is 15.4. The van der Waals surface area contributed by atoms with Crippen molar-refractivity contribution in [1.29, 1.82) is 0 Å². The van der Waals surface area contributed by atoms with Crippen molar-refractivity contribution in [3.8, 4) is 0 Å². The lowest BCUT2D eigenvalue weighted by molar-refractivity contribution is -0.304. The average molecular weight is 376 g/mol. The molecule has 26 heavy (non-hydrogen) atoms. The molecule has 0 spiro atoms. The molecule has 0 aromatic rings. The zero-order chi connectivity index (χ0) is 19.9. The third-order valence-electron chi connectivity index (χ3n) is 3.29. The summed E-state index contributed by atoms with van der Waals surface area (Å²) in [4.78, 5) is 45.5. The van der Waals surface area contributed by atoms with Crippen molar-refractivity contribution < 1.29 is 47.6 Å². The Kier molecular flexibility index (Phi) is 8.46. The topological polar surface area (TPSA) is 124 Å². The predicted molar refractivity (Wildman–Crippen MR) is 83.6 cm³/mol. The fraction of sp³-hybridized carbons (Fsp3) is 0.750. The Bertz CT molecular complexity index is 531. The molecule has 0 aliphatic carbocycles. The van der Waals surface area contributed by atoms with Gasteiger partial charge in [0.25, 0.3) is 0 Å². The molecule has 10 heteroatoms. The molecule has 0 radical (unpaired) electrons. The van der Waals surface area contributed by atoms with Crippen LogP contribution in [0.15, 0.2) is 0 Å². The highest BCUT2D eigenvalue weighted by atomic mass is 16.7. The van der Waals surface area contributed by atoms with Crippen LogP contribution in [0.2, 0.25) is 0 Å². The van der Waals surface area contributed by atoms with Crippen LogP contribution in [-0.4, -0.2) is 67.8 Å². The van der Waals surface area contributed by atoms with E-state index >= 15 is 0 Å². The maximum absolute atomic E-state index is 11.5. The highest BCUT2D eigenvalue weighted by Crippen LogP contribution is 2.29. The Balaban J connectivity index is 3.21. The van der Waals surface area contributed by atoms with E-state index in [0.29, 0.717) is 0 Å². The van der Waals surface area contributed by atoms with E-state index in [1.165, 1.54) is 27.7 Å². The highest BCUT2D eigenvalue weighted by molar-refractivity contribution is 5.68. The van der Waals surface area contributed by atoms with Crippen LogP contribution < -0.4 is 0 Å². The van der Waals surface area contributed by atoms with E-state index in [1.54, 1.807) is 6.92 Å². The van der Waals surface area contributed by atoms with Gasteiger partial charge in [0.15, 0.2) is 18.3 Å². The van der Waals surface area contributed by atoms with Crippen LogP contribution in [0.4, 0.5) is 0 Å². The molecule has 1 aliphatic rings. The number of carbonyl (C=O) groups is 4. The minimum Gasteiger partial charge on any atom is -0.463 e. The highest BCUT2D eigenvalue weighted by Gasteiger charge is 2.52. The van der Waals surface area contributed by atoms with Crippen molar-refractivity contribution in [2.75, 3.05) is 13.2 Å². The molecular weight excluding hydrogens is 352 g/mol. The number of hydrogen-bond donors (Lipinski definition) is 0. The molecule has 1 heterocycles. The maximum Gasteiger partial charge on any atom is 0.305 e. The van der Waals surface area contributed by atoms with Gasteiger partial charge >= 0.3 is 23.9 Å². The summed E-state index contributed by atoms with van der Waals surface area (Å²) in [5, 5.41) is 0. The number of ether oxygens (including phenoxy) is 6. The van der Waals surface area contributed by atoms with Gasteiger partial charge in [-0.15, -0.1) is 0 Å². The summed E-state index contributed by atoms with van der Waals surface area (Å²) in [5.74, 6) is -2.56. The van der Waals surface area contributed by atoms with Gasteiger partial charge in [-0.05, 0) is 6.92 Å². The fourth-order valence-electron chi connectivity index (χ4n) is 2.50. The Morgan fingerprint density at radius 3 is 1.77 bits per heavy atom. The van der Waals surface area contributed by atoms with E-state index in [0.717, 1.165) is 0 Å². The molecule has 1 rings (SSSR count). The summed E-state index contributed by atoms with van der Waals surface area (Å²) in [7, 11) is 0. The lowest BCUT2D eigenvalue weighted by Crippen LogP contribution is -2.62. The summed E-state index contributed by atoms with van der Waals surface area (Å²) in [6, 6.07) is 0. The third-order valence-corrected chi connectivity index (χ3v) is 3.29. The first-order valence-electron chi connectivity index (χ1n) is 8.07. The SMILES string of the molecule is CCO[C@H]1[C@H](OC(C)=O)O[C@H](COC(C)=O)[C@@H](OC(C)=O)[C@@H]1OC(C)=O. The lowest BCUT2D eigenvalue weighted by Gasteiger charge is -2.43. The van der Waals surface area contributed by atoms with E-state index < -0.39 is 54.6 Å². The van der Waals surface area contributed by atoms with Gasteiger partial charge in [-0.1, -0.05) is 0 Å². The van der Waals surface area contributed by atoms with E-state index in [1.807, 2.05) is 0 Å². The smallest absolute Gasteiger partial charge is 0.305 e. The maximum atomic E-state index is 11.5. The van der Waals surface area contributed by atoms with E-state index in [-0.39, 0.29) is 13.2 Å². The Labute approximate surface area is 151 Å². The van der Waals surface area contributed by atoms with Crippen LogP contribution in [0.25, 0.3) is 0 Å². The Morgan fingerprint density at radius 2 is 1.31 bits per heavy atom. The molecule has 148 valence electrons. The van der Waals surface area contributed by atoms with Gasteiger partial charge in [0.1, 0.15) is 12.7 Å². The Morgan fingerprint density at radius 1 is 0.769 bits per heavy atom. The molecule has 0 N–H and O–H groups in total. The minimum atomic E-state index is -1.25. The molecule has 5 atom stereocenters. The third kappa shape index (κ3) is 6.60. The van der Waals surface area contributed by atoms with Crippen LogP contribution >= 0.6 is 0 Å². The van der Waals surface area contributed by atoms with Crippen molar-refractivity contribution in [3.05, 3.63) is 0 Å². The van der Waals surface area contributed by atoms with Crippen molar-refractivity contribution in [2.45, 2.75) is 65.3 Å². The quantitative estimate of drug-likeness (QED) is 0.446. The molecular formula is C16H24O10. The molecule has 0 amide bonds. The number of rotatable bonds is 7. The van der Waals surface area contributed by atoms with Gasteiger partial charge in [0, 0.05) is 34.3 Å². The van der Waals surface area contributed by atoms with Gasteiger partial charge < -0.3 is 28.4 Å². The zero-order valence-corrected chi connectivity index (χ0v) is 15.4. The van der Waals surface area contributed by atoms with E-state index in [9.17, 15) is 19.2 Å². The molecule has 0 unspecified atom stereocenters. The van der Waals surface area contributed by atoms with Crippen molar-refractivity contribution in [3.63, 3.8) is 0 Å². The van der Waals surface area contributed by atoms with Crippen molar-refractivity contribution in [1.82, 2.24) is 0 Å². The van der Waals surface area contributed by atoms with E-state index in [2.05, 4.69) is 0 Å². The van der Waals surface area contributed by atoms with E-state index in [4.69, 9.17) is 28.4 Å². The average Bonchev–Trinajstić information content (AvgIpc) is 2.49. The number of esters is 4. The summed E-state index contributed by atoms with van der Waals surface area (Å²) in [6.45, 7) is 6.27. The Hall–Kier alpha value is -2.20. The molecule has 0 aromatic carbocycles. The first-order valence-corrected chi connectivity index (χ1v) is 8.07. The lowest BCUT2D eigenvalue weighted by atomic mass is 9.98. The standard InChI is InChI=1S/C16H24O10/c1-6-21-15-14(24-10(4)19)13(23-9(3)18)12(7-22-8(2)17)26-16(15)25-11(5)20/h12-16H,6-7H2,1-5H3/t12-,13-,14+,15-,16-/m1/s1. The molecule has 0 aromatic heterocycles. The van der Waals surface area contributed by atoms with Gasteiger partial charge in [0.05, 0.1) is 0 Å². The fourth-order valence-corrected chi connectivity index (χ4v) is 2.50. The minimum absolute atomic E-state index is 0.185. The van der Waals surface area contributed by atoms with Crippen LogP contribution in [-0.2, 0) is 47.6 Å². The molecule has 1 aliphatic heterocycles. The normalized spacial score (nSPS) is 28.0. The van der Waals surface area contributed by atoms with Crippen molar-refractivity contribution in [2.24, 2.45) is 0 Å².